The molecule has 0 unspecified atom stereocenters. The van der Waals surface area contributed by atoms with E-state index in [9.17, 15) is 4.79 Å². The maximum absolute atomic E-state index is 11.7. The predicted octanol–water partition coefficient (Wildman–Crippen LogP) is 3.62. The highest BCUT2D eigenvalue weighted by molar-refractivity contribution is 5.71. The molecule has 1 aromatic carbocycles. The van der Waals surface area contributed by atoms with E-state index in [4.69, 9.17) is 4.74 Å². The summed E-state index contributed by atoms with van der Waals surface area (Å²) in [5.41, 5.74) is 1.20. The predicted molar refractivity (Wildman–Crippen MR) is 79.8 cm³/mol. The van der Waals surface area contributed by atoms with Gasteiger partial charge in [0.2, 0.25) is 0 Å². The van der Waals surface area contributed by atoms with Crippen molar-refractivity contribution < 1.29 is 9.53 Å². The van der Waals surface area contributed by atoms with Gasteiger partial charge in [-0.25, -0.2) is 4.79 Å². The Morgan fingerprint density at radius 2 is 2.15 bits per heavy atom. The van der Waals surface area contributed by atoms with E-state index in [1.54, 1.807) is 0 Å². The summed E-state index contributed by atoms with van der Waals surface area (Å²) < 4.78 is 5.10. The average molecular weight is 274 g/mol. The van der Waals surface area contributed by atoms with Crippen molar-refractivity contribution in [2.45, 2.75) is 45.1 Å². The normalized spacial score (nSPS) is 18.8. The summed E-state index contributed by atoms with van der Waals surface area (Å²) in [6, 6.07) is 10.1. The molecule has 1 atom stereocenters. The van der Waals surface area contributed by atoms with Crippen LogP contribution in [0.15, 0.2) is 35.4 Å². The molecule has 1 aliphatic heterocycles. The van der Waals surface area contributed by atoms with E-state index in [0.717, 1.165) is 19.3 Å². The number of carbonyl (C=O) groups excluding carboxylic acids is 1. The summed E-state index contributed by atoms with van der Waals surface area (Å²) in [4.78, 5) is 11.7. The number of cyclic esters (lactones) is 1. The number of hydrazone groups is 1. The van der Waals surface area contributed by atoms with Gasteiger partial charge >= 0.3 is 6.09 Å². The number of unbranched alkanes of at least 4 members (excludes halogenated alkanes) is 3. The molecule has 0 N–H and O–H groups in total. The van der Waals surface area contributed by atoms with Gasteiger partial charge in [0.25, 0.3) is 0 Å². The highest BCUT2D eigenvalue weighted by atomic mass is 16.6. The maximum Gasteiger partial charge on any atom is 0.430 e. The number of benzene rings is 1. The van der Waals surface area contributed by atoms with E-state index in [1.165, 1.54) is 23.4 Å². The third kappa shape index (κ3) is 4.08. The second-order valence-electron chi connectivity index (χ2n) is 5.06. The van der Waals surface area contributed by atoms with Crippen LogP contribution in [0.5, 0.6) is 0 Å². The molecule has 1 amide bonds. The Bertz CT molecular complexity index is 445. The lowest BCUT2D eigenvalue weighted by atomic mass is 10.1. The molecule has 1 saturated heterocycles. The Morgan fingerprint density at radius 3 is 2.90 bits per heavy atom. The number of amides is 1. The third-order valence-electron chi connectivity index (χ3n) is 3.39. The Balaban J connectivity index is 1.89. The molecule has 0 bridgehead atoms. The van der Waals surface area contributed by atoms with E-state index in [0.29, 0.717) is 6.61 Å². The SMILES string of the molecule is CCCCC/C=N/N1C(=O)OC[C@@H]1Cc1ccccc1. The molecule has 1 aliphatic rings. The molecule has 108 valence electrons. The number of hydrogen-bond acceptors (Lipinski definition) is 3. The van der Waals surface area contributed by atoms with Crippen LogP contribution in [-0.4, -0.2) is 30.0 Å². The summed E-state index contributed by atoms with van der Waals surface area (Å²) in [6.45, 7) is 2.59. The summed E-state index contributed by atoms with van der Waals surface area (Å²) in [5, 5.41) is 5.77. The highest BCUT2D eigenvalue weighted by Crippen LogP contribution is 2.17. The number of nitrogens with zero attached hydrogens (tertiary/aromatic N) is 2. The van der Waals surface area contributed by atoms with Crippen molar-refractivity contribution in [1.82, 2.24) is 5.01 Å². The fourth-order valence-corrected chi connectivity index (χ4v) is 2.26. The zero-order valence-corrected chi connectivity index (χ0v) is 12.0. The Morgan fingerprint density at radius 1 is 1.35 bits per heavy atom. The Kier molecular flexibility index (Phi) is 5.59. The van der Waals surface area contributed by atoms with Crippen LogP contribution < -0.4 is 0 Å². The number of hydrogen-bond donors (Lipinski definition) is 0. The van der Waals surface area contributed by atoms with Crippen LogP contribution in [-0.2, 0) is 11.2 Å². The molecular formula is C16H22N2O2. The molecule has 20 heavy (non-hydrogen) atoms. The Hall–Kier alpha value is -1.84. The van der Waals surface area contributed by atoms with E-state index in [-0.39, 0.29) is 12.1 Å². The van der Waals surface area contributed by atoms with Crippen molar-refractivity contribution in [3.05, 3.63) is 35.9 Å². The van der Waals surface area contributed by atoms with Gasteiger partial charge < -0.3 is 4.74 Å². The number of ether oxygens (including phenoxy) is 1. The average Bonchev–Trinajstić information content (AvgIpc) is 2.81. The van der Waals surface area contributed by atoms with Crippen LogP contribution in [0.25, 0.3) is 0 Å². The minimum atomic E-state index is -0.335. The van der Waals surface area contributed by atoms with Crippen LogP contribution in [0.1, 0.15) is 38.2 Å². The van der Waals surface area contributed by atoms with Crippen LogP contribution in [0.2, 0.25) is 0 Å². The molecule has 2 rings (SSSR count). The van der Waals surface area contributed by atoms with Gasteiger partial charge in [0.15, 0.2) is 0 Å². The first-order chi connectivity index (χ1) is 9.81. The Labute approximate surface area is 120 Å². The summed E-state index contributed by atoms with van der Waals surface area (Å²) in [6.07, 6.45) is 6.69. The zero-order valence-electron chi connectivity index (χ0n) is 12.0. The molecular weight excluding hydrogens is 252 g/mol. The topological polar surface area (TPSA) is 41.9 Å². The molecule has 4 nitrogen and oxygen atoms in total. The minimum absolute atomic E-state index is 0.00678. The van der Waals surface area contributed by atoms with Gasteiger partial charge in [-0.3, -0.25) is 0 Å². The van der Waals surface area contributed by atoms with Gasteiger partial charge in [-0.05, 0) is 24.8 Å². The van der Waals surface area contributed by atoms with Gasteiger partial charge in [-0.15, -0.1) is 0 Å². The molecule has 0 aliphatic carbocycles. The molecule has 0 aromatic heterocycles. The lowest BCUT2D eigenvalue weighted by molar-refractivity contribution is 0.159. The maximum atomic E-state index is 11.7. The first kappa shape index (κ1) is 14.6. The van der Waals surface area contributed by atoms with Crippen LogP contribution in [0, 0.1) is 0 Å². The van der Waals surface area contributed by atoms with Gasteiger partial charge in [0.1, 0.15) is 6.61 Å². The summed E-state index contributed by atoms with van der Waals surface area (Å²) in [5.74, 6) is 0. The van der Waals surface area contributed by atoms with Gasteiger partial charge in [0, 0.05) is 6.21 Å². The smallest absolute Gasteiger partial charge is 0.430 e. The highest BCUT2D eigenvalue weighted by Gasteiger charge is 2.32. The lowest BCUT2D eigenvalue weighted by Crippen LogP contribution is -2.30. The quantitative estimate of drug-likeness (QED) is 0.563. The van der Waals surface area contributed by atoms with E-state index in [2.05, 4.69) is 24.2 Å². The lowest BCUT2D eigenvalue weighted by Gasteiger charge is -2.15. The van der Waals surface area contributed by atoms with Gasteiger partial charge in [-0.2, -0.15) is 10.1 Å². The monoisotopic (exact) mass is 274 g/mol. The molecule has 1 fully saturated rings. The number of carbonyl (C=O) groups is 1. The van der Waals surface area contributed by atoms with Crippen molar-refractivity contribution in [3.8, 4) is 0 Å². The first-order valence-corrected chi connectivity index (χ1v) is 7.33. The van der Waals surface area contributed by atoms with Crippen molar-refractivity contribution >= 4 is 12.3 Å². The van der Waals surface area contributed by atoms with Crippen LogP contribution in [0.4, 0.5) is 4.79 Å². The second-order valence-corrected chi connectivity index (χ2v) is 5.06. The van der Waals surface area contributed by atoms with Crippen LogP contribution >= 0.6 is 0 Å². The van der Waals surface area contributed by atoms with E-state index >= 15 is 0 Å². The molecule has 1 aromatic rings. The van der Waals surface area contributed by atoms with Crippen molar-refractivity contribution in [3.63, 3.8) is 0 Å². The molecule has 4 heteroatoms. The van der Waals surface area contributed by atoms with Crippen molar-refractivity contribution in [1.29, 1.82) is 0 Å². The standard InChI is InChI=1S/C16H22N2O2/c1-2-3-4-8-11-17-18-15(13-20-16(18)19)12-14-9-6-5-7-10-14/h5-7,9-11,15H,2-4,8,12-13H2,1H3/b17-11+/t15-/m0/s1. The fraction of sp³-hybridized carbons (Fsp3) is 0.500. The molecule has 0 spiro atoms. The van der Waals surface area contributed by atoms with E-state index < -0.39 is 0 Å². The van der Waals surface area contributed by atoms with Gasteiger partial charge in [-0.1, -0.05) is 50.1 Å². The van der Waals surface area contributed by atoms with Crippen molar-refractivity contribution in [2.24, 2.45) is 5.10 Å². The van der Waals surface area contributed by atoms with Gasteiger partial charge in [0.05, 0.1) is 6.04 Å². The molecule has 1 heterocycles. The molecule has 0 radical (unpaired) electrons. The first-order valence-electron chi connectivity index (χ1n) is 7.33. The van der Waals surface area contributed by atoms with Crippen molar-refractivity contribution in [2.75, 3.05) is 6.61 Å². The minimum Gasteiger partial charge on any atom is -0.446 e. The largest absolute Gasteiger partial charge is 0.446 e. The zero-order chi connectivity index (χ0) is 14.2. The fourth-order valence-electron chi connectivity index (χ4n) is 2.26. The van der Waals surface area contributed by atoms with Crippen LogP contribution in [0.3, 0.4) is 0 Å². The summed E-state index contributed by atoms with van der Waals surface area (Å²) >= 11 is 0. The third-order valence-corrected chi connectivity index (χ3v) is 3.39. The molecule has 0 saturated carbocycles. The second kappa shape index (κ2) is 7.68. The van der Waals surface area contributed by atoms with E-state index in [1.807, 2.05) is 24.4 Å². The number of rotatable bonds is 7. The summed E-state index contributed by atoms with van der Waals surface area (Å²) in [7, 11) is 0.